The maximum absolute atomic E-state index is 13.4. The monoisotopic (exact) mass is 472 g/mol. The lowest BCUT2D eigenvalue weighted by molar-refractivity contribution is -0.139. The van der Waals surface area contributed by atoms with Crippen molar-refractivity contribution in [2.45, 2.75) is 12.1 Å². The summed E-state index contributed by atoms with van der Waals surface area (Å²) in [5.41, 5.74) is 0.704. The van der Waals surface area contributed by atoms with Crippen LogP contribution < -0.4 is 5.46 Å². The number of aromatic carboxylic acids is 1. The summed E-state index contributed by atoms with van der Waals surface area (Å²) in [5.74, 6) is -2.97. The van der Waals surface area contributed by atoms with Crippen LogP contribution in [-0.2, 0) is 0 Å². The Labute approximate surface area is 160 Å². The van der Waals surface area contributed by atoms with Crippen molar-refractivity contribution in [1.82, 2.24) is 0 Å². The van der Waals surface area contributed by atoms with E-state index in [1.54, 1.807) is 0 Å². The van der Waals surface area contributed by atoms with Gasteiger partial charge in [0.05, 0.1) is 11.5 Å². The lowest BCUT2D eigenvalue weighted by Crippen LogP contribution is -2.20. The van der Waals surface area contributed by atoms with E-state index in [0.717, 1.165) is 6.08 Å². The Hall–Kier alpha value is -1.54. The van der Waals surface area contributed by atoms with Crippen LogP contribution >= 0.6 is 31.9 Å². The highest BCUT2D eigenvalue weighted by Crippen LogP contribution is 2.37. The molecule has 0 bridgehead atoms. The predicted octanol–water partition coefficient (Wildman–Crippen LogP) is 5.06. The van der Waals surface area contributed by atoms with Gasteiger partial charge in [-0.2, -0.15) is 13.2 Å². The molecule has 1 unspecified atom stereocenters. The molecular formula is C17H10BBr2F3O2. The highest BCUT2D eigenvalue weighted by molar-refractivity contribution is 9.10. The van der Waals surface area contributed by atoms with Gasteiger partial charge in [0.15, 0.2) is 0 Å². The van der Waals surface area contributed by atoms with E-state index in [1.165, 1.54) is 42.5 Å². The number of alkyl halides is 3. The van der Waals surface area contributed by atoms with E-state index < -0.39 is 18.1 Å². The summed E-state index contributed by atoms with van der Waals surface area (Å²) in [6.45, 7) is 0. The highest BCUT2D eigenvalue weighted by atomic mass is 79.9. The van der Waals surface area contributed by atoms with Gasteiger partial charge < -0.3 is 5.11 Å². The molecule has 0 aliphatic carbocycles. The van der Waals surface area contributed by atoms with E-state index in [4.69, 9.17) is 13.0 Å². The molecule has 2 rings (SSSR count). The summed E-state index contributed by atoms with van der Waals surface area (Å²) in [4.78, 5) is 11.0. The zero-order valence-electron chi connectivity index (χ0n) is 12.5. The van der Waals surface area contributed by atoms with Gasteiger partial charge in [0.1, 0.15) is 7.85 Å². The van der Waals surface area contributed by atoms with Crippen LogP contribution in [0.1, 0.15) is 27.4 Å². The average molecular weight is 474 g/mol. The second kappa shape index (κ2) is 7.78. The number of carboxylic acids is 1. The van der Waals surface area contributed by atoms with Gasteiger partial charge in [-0.25, -0.2) is 4.79 Å². The summed E-state index contributed by atoms with van der Waals surface area (Å²) in [7, 11) is 5.63. The van der Waals surface area contributed by atoms with Crippen LogP contribution in [-0.4, -0.2) is 25.1 Å². The van der Waals surface area contributed by atoms with Crippen molar-refractivity contribution in [2.75, 3.05) is 0 Å². The van der Waals surface area contributed by atoms with E-state index in [1.807, 2.05) is 0 Å². The van der Waals surface area contributed by atoms with Gasteiger partial charge >= 0.3 is 12.1 Å². The molecule has 0 heterocycles. The molecule has 128 valence electrons. The number of hydrogen-bond acceptors (Lipinski definition) is 1. The molecule has 25 heavy (non-hydrogen) atoms. The molecule has 1 atom stereocenters. The van der Waals surface area contributed by atoms with Gasteiger partial charge in [-0.15, -0.1) is 0 Å². The minimum absolute atomic E-state index is 0.0110. The highest BCUT2D eigenvalue weighted by Gasteiger charge is 2.39. The molecule has 0 aromatic heterocycles. The molecule has 2 radical (unpaired) electrons. The van der Waals surface area contributed by atoms with Crippen molar-refractivity contribution in [3.63, 3.8) is 0 Å². The minimum Gasteiger partial charge on any atom is -0.478 e. The third-order valence-corrected chi connectivity index (χ3v) is 4.47. The largest absolute Gasteiger partial charge is 0.478 e. The standard InChI is InChI=1S/C17H10BBr2F3O2/c18-11-6-10(7-12(19)8-11)14(17(21,22)23)4-2-9-1-3-13(16(24)25)15(20)5-9/h1-8,14H,(H,24,25)/b4-2+. The van der Waals surface area contributed by atoms with Gasteiger partial charge in [0.2, 0.25) is 0 Å². The van der Waals surface area contributed by atoms with Crippen LogP contribution in [0.2, 0.25) is 0 Å². The quantitative estimate of drug-likeness (QED) is 0.630. The van der Waals surface area contributed by atoms with E-state index in [9.17, 15) is 18.0 Å². The Balaban J connectivity index is 2.39. The number of carboxylic acid groups (broad SMARTS) is 1. The molecular weight excluding hydrogens is 464 g/mol. The number of rotatable bonds is 4. The molecule has 0 amide bonds. The van der Waals surface area contributed by atoms with E-state index in [0.29, 0.717) is 10.0 Å². The fourth-order valence-electron chi connectivity index (χ4n) is 2.24. The van der Waals surface area contributed by atoms with Crippen LogP contribution in [0.5, 0.6) is 0 Å². The van der Waals surface area contributed by atoms with Gasteiger partial charge in [0, 0.05) is 8.95 Å². The second-order valence-corrected chi connectivity index (χ2v) is 7.01. The number of benzene rings is 2. The number of halogens is 5. The maximum Gasteiger partial charge on any atom is 0.399 e. The fraction of sp³-hybridized carbons (Fsp3) is 0.118. The molecule has 0 fully saturated rings. The number of allylic oxidation sites excluding steroid dienone is 1. The molecule has 0 saturated carbocycles. The Morgan fingerprint density at radius 2 is 1.84 bits per heavy atom. The molecule has 1 N–H and O–H groups in total. The predicted molar refractivity (Wildman–Crippen MR) is 98.5 cm³/mol. The number of hydrogen-bond donors (Lipinski definition) is 1. The van der Waals surface area contributed by atoms with E-state index >= 15 is 0 Å². The molecule has 2 aromatic carbocycles. The van der Waals surface area contributed by atoms with Crippen LogP contribution in [0.4, 0.5) is 13.2 Å². The first-order chi connectivity index (χ1) is 11.6. The van der Waals surface area contributed by atoms with Crippen molar-refractivity contribution in [3.05, 3.63) is 68.1 Å². The summed E-state index contributed by atoms with van der Waals surface area (Å²) in [6.07, 6.45) is -2.18. The number of carbonyl (C=O) groups is 1. The summed E-state index contributed by atoms with van der Waals surface area (Å²) < 4.78 is 41.0. The Morgan fingerprint density at radius 3 is 2.36 bits per heavy atom. The van der Waals surface area contributed by atoms with Gasteiger partial charge in [-0.05, 0) is 45.3 Å². The van der Waals surface area contributed by atoms with E-state index in [-0.39, 0.29) is 21.1 Å². The smallest absolute Gasteiger partial charge is 0.399 e. The van der Waals surface area contributed by atoms with E-state index in [2.05, 4.69) is 31.9 Å². The van der Waals surface area contributed by atoms with Crippen molar-refractivity contribution in [2.24, 2.45) is 0 Å². The normalized spacial score (nSPS) is 13.2. The van der Waals surface area contributed by atoms with Crippen LogP contribution in [0.3, 0.4) is 0 Å². The van der Waals surface area contributed by atoms with Crippen molar-refractivity contribution in [1.29, 1.82) is 0 Å². The molecule has 0 saturated heterocycles. The molecule has 0 aliphatic heterocycles. The van der Waals surface area contributed by atoms with Crippen molar-refractivity contribution >= 4 is 57.2 Å². The first kappa shape index (κ1) is 19.8. The zero-order chi connectivity index (χ0) is 18.8. The topological polar surface area (TPSA) is 37.3 Å². The maximum atomic E-state index is 13.4. The van der Waals surface area contributed by atoms with Crippen LogP contribution in [0.15, 0.2) is 51.4 Å². The third-order valence-electron chi connectivity index (χ3n) is 3.36. The summed E-state index contributed by atoms with van der Waals surface area (Å²) >= 11 is 6.24. The van der Waals surface area contributed by atoms with Crippen LogP contribution in [0, 0.1) is 0 Å². The third kappa shape index (κ3) is 5.22. The first-order valence-electron chi connectivity index (χ1n) is 6.91. The molecule has 2 nitrogen and oxygen atoms in total. The Bertz CT molecular complexity index is 815. The summed E-state index contributed by atoms with van der Waals surface area (Å²) in [5, 5.41) is 8.97. The van der Waals surface area contributed by atoms with Crippen molar-refractivity contribution < 1.29 is 23.1 Å². The van der Waals surface area contributed by atoms with Crippen molar-refractivity contribution in [3.8, 4) is 0 Å². The fourth-order valence-corrected chi connectivity index (χ4v) is 3.34. The first-order valence-corrected chi connectivity index (χ1v) is 8.50. The Morgan fingerprint density at radius 1 is 1.16 bits per heavy atom. The van der Waals surface area contributed by atoms with Gasteiger partial charge in [-0.1, -0.05) is 51.7 Å². The Kier molecular flexibility index (Phi) is 6.16. The lowest BCUT2D eigenvalue weighted by atomic mass is 9.89. The summed E-state index contributed by atoms with van der Waals surface area (Å²) in [6, 6.07) is 8.36. The lowest BCUT2D eigenvalue weighted by Gasteiger charge is -2.18. The molecule has 2 aromatic rings. The molecule has 8 heteroatoms. The molecule has 0 aliphatic rings. The van der Waals surface area contributed by atoms with Gasteiger partial charge in [-0.3, -0.25) is 0 Å². The SMILES string of the molecule is [B]c1cc(Br)cc(C(/C=C/c2ccc(C(=O)O)c(Br)c2)C(F)(F)F)c1. The molecule has 0 spiro atoms. The van der Waals surface area contributed by atoms with Crippen LogP contribution in [0.25, 0.3) is 6.08 Å². The zero-order valence-corrected chi connectivity index (χ0v) is 15.7. The van der Waals surface area contributed by atoms with Gasteiger partial charge in [0.25, 0.3) is 0 Å². The second-order valence-electron chi connectivity index (χ2n) is 5.24. The average Bonchev–Trinajstić information content (AvgIpc) is 2.44. The minimum atomic E-state index is -4.50.